The van der Waals surface area contributed by atoms with Crippen molar-refractivity contribution in [1.29, 1.82) is 0 Å². The summed E-state index contributed by atoms with van der Waals surface area (Å²) in [6.07, 6.45) is 3.74. The van der Waals surface area contributed by atoms with Gasteiger partial charge in [-0.25, -0.2) is 0 Å². The van der Waals surface area contributed by atoms with Gasteiger partial charge < -0.3 is 10.5 Å². The van der Waals surface area contributed by atoms with E-state index in [9.17, 15) is 0 Å². The van der Waals surface area contributed by atoms with Crippen LogP contribution in [-0.2, 0) is 4.74 Å². The van der Waals surface area contributed by atoms with Crippen LogP contribution >= 0.6 is 0 Å². The van der Waals surface area contributed by atoms with Gasteiger partial charge >= 0.3 is 0 Å². The van der Waals surface area contributed by atoms with Gasteiger partial charge in [0.1, 0.15) is 0 Å². The Hall–Kier alpha value is -0.340. The van der Waals surface area contributed by atoms with Crippen molar-refractivity contribution < 1.29 is 4.74 Å². The molecule has 0 aromatic carbocycles. The van der Waals surface area contributed by atoms with Gasteiger partial charge in [0.15, 0.2) is 0 Å². The fraction of sp³-hybridized carbons (Fsp3) is 0.714. The van der Waals surface area contributed by atoms with Crippen LogP contribution in [0.15, 0.2) is 12.7 Å². The monoisotopic (exact) mass is 129 g/mol. The Labute approximate surface area is 56.7 Å². The lowest BCUT2D eigenvalue weighted by atomic mass is 10.4. The van der Waals surface area contributed by atoms with Crippen LogP contribution < -0.4 is 5.73 Å². The number of ether oxygens (including phenoxy) is 1. The van der Waals surface area contributed by atoms with E-state index in [4.69, 9.17) is 10.5 Å². The SMILES string of the molecule is C=CCCOCCCN. The van der Waals surface area contributed by atoms with Crippen molar-refractivity contribution in [1.82, 2.24) is 0 Å². The quantitative estimate of drug-likeness (QED) is 0.427. The fourth-order valence-corrected chi connectivity index (χ4v) is 0.454. The summed E-state index contributed by atoms with van der Waals surface area (Å²) in [6, 6.07) is 0. The van der Waals surface area contributed by atoms with Crippen LogP contribution in [-0.4, -0.2) is 19.8 Å². The summed E-state index contributed by atoms with van der Waals surface area (Å²) in [4.78, 5) is 0. The summed E-state index contributed by atoms with van der Waals surface area (Å²) < 4.78 is 5.16. The Kier molecular flexibility index (Phi) is 7.37. The summed E-state index contributed by atoms with van der Waals surface area (Å²) in [5.74, 6) is 0. The zero-order valence-electron chi connectivity index (χ0n) is 5.81. The molecule has 0 unspecified atom stereocenters. The third kappa shape index (κ3) is 7.66. The molecule has 0 spiro atoms. The van der Waals surface area contributed by atoms with Crippen molar-refractivity contribution >= 4 is 0 Å². The average Bonchev–Trinajstić information content (AvgIpc) is 1.89. The van der Waals surface area contributed by atoms with Gasteiger partial charge in [-0.05, 0) is 19.4 Å². The Morgan fingerprint density at radius 1 is 1.44 bits per heavy atom. The molecular formula is C7H15NO. The minimum atomic E-state index is 0.716. The first-order chi connectivity index (χ1) is 4.41. The molecule has 0 aliphatic carbocycles. The molecule has 0 aromatic rings. The molecule has 54 valence electrons. The van der Waals surface area contributed by atoms with Crippen molar-refractivity contribution in [2.75, 3.05) is 19.8 Å². The van der Waals surface area contributed by atoms with Crippen molar-refractivity contribution in [2.24, 2.45) is 5.73 Å². The summed E-state index contributed by atoms with van der Waals surface area (Å²) in [6.45, 7) is 5.85. The van der Waals surface area contributed by atoms with Crippen LogP contribution in [0.4, 0.5) is 0 Å². The highest BCUT2D eigenvalue weighted by Gasteiger charge is 1.83. The maximum absolute atomic E-state index is 5.24. The lowest BCUT2D eigenvalue weighted by Gasteiger charge is -1.98. The van der Waals surface area contributed by atoms with Crippen LogP contribution in [0.3, 0.4) is 0 Å². The molecule has 0 heterocycles. The molecule has 0 aliphatic heterocycles. The molecule has 2 N–H and O–H groups in total. The second-order valence-corrected chi connectivity index (χ2v) is 1.83. The number of hydrogen-bond donors (Lipinski definition) is 1. The molecule has 9 heavy (non-hydrogen) atoms. The Bertz CT molecular complexity index is 63.9. The predicted octanol–water partition coefficient (Wildman–Crippen LogP) is 0.928. The summed E-state index contributed by atoms with van der Waals surface area (Å²) in [5, 5.41) is 0. The lowest BCUT2D eigenvalue weighted by molar-refractivity contribution is 0.138. The van der Waals surface area contributed by atoms with Crippen molar-refractivity contribution in [3.05, 3.63) is 12.7 Å². The standard InChI is InChI=1S/C7H15NO/c1-2-3-6-9-7-4-5-8/h2H,1,3-8H2. The van der Waals surface area contributed by atoms with Crippen LogP contribution in [0, 0.1) is 0 Å². The number of rotatable bonds is 6. The molecular weight excluding hydrogens is 114 g/mol. The van der Waals surface area contributed by atoms with Crippen molar-refractivity contribution in [3.8, 4) is 0 Å². The number of hydrogen-bond acceptors (Lipinski definition) is 2. The van der Waals surface area contributed by atoms with E-state index in [1.165, 1.54) is 0 Å². The molecule has 0 saturated heterocycles. The normalized spacial score (nSPS) is 9.44. The molecule has 0 rings (SSSR count). The molecule has 0 atom stereocenters. The van der Waals surface area contributed by atoms with E-state index >= 15 is 0 Å². The first kappa shape index (κ1) is 8.66. The van der Waals surface area contributed by atoms with Crippen LogP contribution in [0.2, 0.25) is 0 Å². The van der Waals surface area contributed by atoms with E-state index in [0.717, 1.165) is 26.1 Å². The zero-order valence-corrected chi connectivity index (χ0v) is 5.81. The molecule has 0 amide bonds. The number of nitrogens with two attached hydrogens (primary N) is 1. The molecule has 0 aromatic heterocycles. The third-order valence-corrected chi connectivity index (χ3v) is 0.959. The van der Waals surface area contributed by atoms with E-state index < -0.39 is 0 Å². The summed E-state index contributed by atoms with van der Waals surface area (Å²) >= 11 is 0. The van der Waals surface area contributed by atoms with Gasteiger partial charge in [0, 0.05) is 13.2 Å². The minimum Gasteiger partial charge on any atom is -0.381 e. The smallest absolute Gasteiger partial charge is 0.0500 e. The van der Waals surface area contributed by atoms with E-state index in [0.29, 0.717) is 6.54 Å². The second-order valence-electron chi connectivity index (χ2n) is 1.83. The Morgan fingerprint density at radius 2 is 2.22 bits per heavy atom. The van der Waals surface area contributed by atoms with Gasteiger partial charge in [-0.2, -0.15) is 0 Å². The Balaban J connectivity index is 2.66. The van der Waals surface area contributed by atoms with Crippen molar-refractivity contribution in [3.63, 3.8) is 0 Å². The highest BCUT2D eigenvalue weighted by atomic mass is 16.5. The van der Waals surface area contributed by atoms with Gasteiger partial charge in [-0.1, -0.05) is 6.08 Å². The average molecular weight is 129 g/mol. The van der Waals surface area contributed by atoms with Crippen LogP contribution in [0.5, 0.6) is 0 Å². The molecule has 2 heteroatoms. The topological polar surface area (TPSA) is 35.2 Å². The molecule has 0 fully saturated rings. The molecule has 0 saturated carbocycles. The summed E-state index contributed by atoms with van der Waals surface area (Å²) in [5.41, 5.74) is 5.24. The highest BCUT2D eigenvalue weighted by Crippen LogP contribution is 1.84. The predicted molar refractivity (Wildman–Crippen MR) is 39.3 cm³/mol. The van der Waals surface area contributed by atoms with Gasteiger partial charge in [-0.15, -0.1) is 6.58 Å². The van der Waals surface area contributed by atoms with Gasteiger partial charge in [0.2, 0.25) is 0 Å². The van der Waals surface area contributed by atoms with Gasteiger partial charge in [0.05, 0.1) is 0 Å². The van der Waals surface area contributed by atoms with E-state index in [2.05, 4.69) is 6.58 Å². The molecule has 0 bridgehead atoms. The molecule has 0 radical (unpaired) electrons. The van der Waals surface area contributed by atoms with E-state index in [1.54, 1.807) is 0 Å². The maximum atomic E-state index is 5.24. The van der Waals surface area contributed by atoms with Crippen molar-refractivity contribution in [2.45, 2.75) is 12.8 Å². The highest BCUT2D eigenvalue weighted by molar-refractivity contribution is 4.64. The maximum Gasteiger partial charge on any atom is 0.0500 e. The van der Waals surface area contributed by atoms with Gasteiger partial charge in [0.25, 0.3) is 0 Å². The third-order valence-electron chi connectivity index (χ3n) is 0.959. The summed E-state index contributed by atoms with van der Waals surface area (Å²) in [7, 11) is 0. The van der Waals surface area contributed by atoms with Crippen LogP contribution in [0.1, 0.15) is 12.8 Å². The molecule has 2 nitrogen and oxygen atoms in total. The zero-order chi connectivity index (χ0) is 6.95. The van der Waals surface area contributed by atoms with E-state index in [1.807, 2.05) is 6.08 Å². The second kappa shape index (κ2) is 7.66. The first-order valence-corrected chi connectivity index (χ1v) is 3.30. The van der Waals surface area contributed by atoms with E-state index in [-0.39, 0.29) is 0 Å². The molecule has 0 aliphatic rings. The largest absolute Gasteiger partial charge is 0.381 e. The van der Waals surface area contributed by atoms with Gasteiger partial charge in [-0.3, -0.25) is 0 Å². The minimum absolute atomic E-state index is 0.716. The Morgan fingerprint density at radius 3 is 2.78 bits per heavy atom. The lowest BCUT2D eigenvalue weighted by Crippen LogP contribution is -2.04. The van der Waals surface area contributed by atoms with Crippen LogP contribution in [0.25, 0.3) is 0 Å². The first-order valence-electron chi connectivity index (χ1n) is 3.30. The fourth-order valence-electron chi connectivity index (χ4n) is 0.454.